The van der Waals surface area contributed by atoms with E-state index in [1.165, 1.54) is 6.08 Å². The normalized spacial score (nSPS) is 10.8. The average molecular weight is 278 g/mol. The van der Waals surface area contributed by atoms with Gasteiger partial charge in [0.2, 0.25) is 0 Å². The van der Waals surface area contributed by atoms with Gasteiger partial charge < -0.3 is 0 Å². The first-order valence-corrected chi connectivity index (χ1v) is 6.01. The summed E-state index contributed by atoms with van der Waals surface area (Å²) in [7, 11) is 0. The van der Waals surface area contributed by atoms with E-state index in [9.17, 15) is 4.79 Å². The minimum atomic E-state index is -0.140. The van der Waals surface area contributed by atoms with Gasteiger partial charge in [-0.3, -0.25) is 9.78 Å². The van der Waals surface area contributed by atoms with E-state index < -0.39 is 0 Å². The number of carbonyl (C=O) groups excluding carboxylic acids is 1. The lowest BCUT2D eigenvalue weighted by Crippen LogP contribution is -1.94. The highest BCUT2D eigenvalue weighted by molar-refractivity contribution is 6.42. The van der Waals surface area contributed by atoms with E-state index in [4.69, 9.17) is 23.2 Å². The summed E-state index contributed by atoms with van der Waals surface area (Å²) in [4.78, 5) is 16.0. The largest absolute Gasteiger partial charge is 0.289 e. The molecule has 90 valence electrons. The molecule has 0 atom stereocenters. The van der Waals surface area contributed by atoms with E-state index in [-0.39, 0.29) is 5.78 Å². The molecule has 0 saturated heterocycles. The van der Waals surface area contributed by atoms with Crippen LogP contribution in [0.5, 0.6) is 0 Å². The zero-order valence-corrected chi connectivity index (χ0v) is 10.8. The van der Waals surface area contributed by atoms with Crippen LogP contribution in [0, 0.1) is 0 Å². The third-order valence-electron chi connectivity index (χ3n) is 2.30. The predicted molar refractivity (Wildman–Crippen MR) is 74.1 cm³/mol. The van der Waals surface area contributed by atoms with Crippen LogP contribution in [0.25, 0.3) is 6.08 Å². The molecule has 0 aliphatic carbocycles. The van der Waals surface area contributed by atoms with E-state index in [0.717, 1.165) is 5.69 Å². The number of carbonyl (C=O) groups is 1. The van der Waals surface area contributed by atoms with Crippen LogP contribution < -0.4 is 0 Å². The molecule has 1 aromatic heterocycles. The molecule has 0 saturated carbocycles. The number of pyridine rings is 1. The van der Waals surface area contributed by atoms with Gasteiger partial charge in [0, 0.05) is 11.8 Å². The molecule has 1 aromatic carbocycles. The third kappa shape index (κ3) is 3.19. The van der Waals surface area contributed by atoms with E-state index in [1.807, 2.05) is 18.2 Å². The van der Waals surface area contributed by atoms with Crippen LogP contribution in [0.2, 0.25) is 10.0 Å². The lowest BCUT2D eigenvalue weighted by molar-refractivity contribution is 0.104. The Morgan fingerprint density at radius 2 is 1.94 bits per heavy atom. The topological polar surface area (TPSA) is 30.0 Å². The smallest absolute Gasteiger partial charge is 0.185 e. The molecule has 2 aromatic rings. The molecule has 0 N–H and O–H groups in total. The number of allylic oxidation sites excluding steroid dienone is 1. The molecule has 0 aliphatic rings. The lowest BCUT2D eigenvalue weighted by Gasteiger charge is -1.98. The quantitative estimate of drug-likeness (QED) is 0.619. The van der Waals surface area contributed by atoms with Crippen molar-refractivity contribution in [3.8, 4) is 0 Å². The second-order valence-electron chi connectivity index (χ2n) is 3.58. The zero-order chi connectivity index (χ0) is 13.0. The first-order chi connectivity index (χ1) is 8.66. The molecular weight excluding hydrogens is 269 g/mol. The highest BCUT2D eigenvalue weighted by atomic mass is 35.5. The molecule has 0 radical (unpaired) electrons. The molecule has 0 fully saturated rings. The maximum absolute atomic E-state index is 11.9. The van der Waals surface area contributed by atoms with E-state index >= 15 is 0 Å². The minimum Gasteiger partial charge on any atom is -0.289 e. The maximum atomic E-state index is 11.9. The fraction of sp³-hybridized carbons (Fsp3) is 0. The Hall–Kier alpha value is -1.64. The molecule has 2 rings (SSSR count). The Bertz CT molecular complexity index is 594. The summed E-state index contributed by atoms with van der Waals surface area (Å²) in [6.45, 7) is 0. The summed E-state index contributed by atoms with van der Waals surface area (Å²) >= 11 is 11.6. The molecule has 2 nitrogen and oxygen atoms in total. The van der Waals surface area contributed by atoms with Gasteiger partial charge in [-0.05, 0) is 42.5 Å². The Morgan fingerprint density at radius 1 is 1.11 bits per heavy atom. The van der Waals surface area contributed by atoms with Crippen molar-refractivity contribution >= 4 is 35.1 Å². The number of ketones is 1. The fourth-order valence-corrected chi connectivity index (χ4v) is 1.68. The summed E-state index contributed by atoms with van der Waals surface area (Å²) in [5.74, 6) is -0.140. The minimum absolute atomic E-state index is 0.140. The van der Waals surface area contributed by atoms with Crippen molar-refractivity contribution in [2.24, 2.45) is 0 Å². The third-order valence-corrected chi connectivity index (χ3v) is 3.04. The Labute approximate surface area is 115 Å². The number of hydrogen-bond donors (Lipinski definition) is 0. The van der Waals surface area contributed by atoms with Gasteiger partial charge in [0.05, 0.1) is 15.7 Å². The highest BCUT2D eigenvalue weighted by Crippen LogP contribution is 2.22. The van der Waals surface area contributed by atoms with E-state index in [2.05, 4.69) is 4.98 Å². The van der Waals surface area contributed by atoms with Crippen molar-refractivity contribution in [3.05, 3.63) is 70.0 Å². The zero-order valence-electron chi connectivity index (χ0n) is 9.31. The molecule has 0 spiro atoms. The summed E-state index contributed by atoms with van der Waals surface area (Å²) in [6, 6.07) is 10.3. The predicted octanol–water partition coefficient (Wildman–Crippen LogP) is 4.28. The summed E-state index contributed by atoms with van der Waals surface area (Å²) in [5, 5.41) is 0.802. The molecule has 0 bridgehead atoms. The summed E-state index contributed by atoms with van der Waals surface area (Å²) in [6.07, 6.45) is 4.79. The first-order valence-electron chi connectivity index (χ1n) is 5.25. The first kappa shape index (κ1) is 12.8. The van der Waals surface area contributed by atoms with Crippen LogP contribution in [0.4, 0.5) is 0 Å². The lowest BCUT2D eigenvalue weighted by atomic mass is 10.1. The summed E-state index contributed by atoms with van der Waals surface area (Å²) < 4.78 is 0. The van der Waals surface area contributed by atoms with Gasteiger partial charge in [-0.2, -0.15) is 0 Å². The summed E-state index contributed by atoms with van der Waals surface area (Å²) in [5.41, 5.74) is 1.22. The van der Waals surface area contributed by atoms with Gasteiger partial charge in [-0.15, -0.1) is 0 Å². The maximum Gasteiger partial charge on any atom is 0.185 e. The molecule has 18 heavy (non-hydrogen) atoms. The van der Waals surface area contributed by atoms with Crippen molar-refractivity contribution in [1.29, 1.82) is 0 Å². The Balaban J connectivity index is 2.17. The number of nitrogens with zero attached hydrogens (tertiary/aromatic N) is 1. The van der Waals surface area contributed by atoms with Gasteiger partial charge in [0.15, 0.2) is 5.78 Å². The van der Waals surface area contributed by atoms with E-state index in [1.54, 1.807) is 30.5 Å². The number of rotatable bonds is 3. The molecule has 1 heterocycles. The standard InChI is InChI=1S/C14H9Cl2NO/c15-12-6-4-10(9-13(12)16)14(18)7-5-11-3-1-2-8-17-11/h1-9H/b7-5+. The van der Waals surface area contributed by atoms with E-state index in [0.29, 0.717) is 15.6 Å². The molecule has 0 amide bonds. The van der Waals surface area contributed by atoms with Crippen molar-refractivity contribution in [3.63, 3.8) is 0 Å². The molecule has 0 unspecified atom stereocenters. The van der Waals surface area contributed by atoms with Gasteiger partial charge in [-0.25, -0.2) is 0 Å². The van der Waals surface area contributed by atoms with Crippen LogP contribution in [0.15, 0.2) is 48.7 Å². The van der Waals surface area contributed by atoms with Gasteiger partial charge in [0.25, 0.3) is 0 Å². The fourth-order valence-electron chi connectivity index (χ4n) is 1.38. The van der Waals surface area contributed by atoms with Gasteiger partial charge in [-0.1, -0.05) is 29.3 Å². The van der Waals surface area contributed by atoms with Crippen molar-refractivity contribution in [2.75, 3.05) is 0 Å². The Kier molecular flexibility index (Phi) is 4.13. The number of benzene rings is 1. The van der Waals surface area contributed by atoms with Crippen molar-refractivity contribution in [1.82, 2.24) is 4.98 Å². The highest BCUT2D eigenvalue weighted by Gasteiger charge is 2.04. The average Bonchev–Trinajstić information content (AvgIpc) is 2.40. The monoisotopic (exact) mass is 277 g/mol. The molecular formula is C14H9Cl2NO. The second-order valence-corrected chi connectivity index (χ2v) is 4.40. The molecule has 0 aliphatic heterocycles. The second kappa shape index (κ2) is 5.80. The van der Waals surface area contributed by atoms with Crippen LogP contribution in [0.1, 0.15) is 16.1 Å². The number of aromatic nitrogens is 1. The van der Waals surface area contributed by atoms with Crippen LogP contribution in [-0.2, 0) is 0 Å². The SMILES string of the molecule is O=C(/C=C/c1ccccn1)c1ccc(Cl)c(Cl)c1. The van der Waals surface area contributed by atoms with Crippen LogP contribution >= 0.6 is 23.2 Å². The van der Waals surface area contributed by atoms with Crippen LogP contribution in [-0.4, -0.2) is 10.8 Å². The van der Waals surface area contributed by atoms with Gasteiger partial charge >= 0.3 is 0 Å². The van der Waals surface area contributed by atoms with Crippen LogP contribution in [0.3, 0.4) is 0 Å². The van der Waals surface area contributed by atoms with Gasteiger partial charge in [0.1, 0.15) is 0 Å². The van der Waals surface area contributed by atoms with Crippen molar-refractivity contribution in [2.45, 2.75) is 0 Å². The Morgan fingerprint density at radius 3 is 2.61 bits per heavy atom. The van der Waals surface area contributed by atoms with Crippen molar-refractivity contribution < 1.29 is 4.79 Å². The number of hydrogen-bond acceptors (Lipinski definition) is 2. The number of halogens is 2. The molecule has 4 heteroatoms.